The van der Waals surface area contributed by atoms with E-state index in [-0.39, 0.29) is 62.9 Å². The number of amides is 3. The van der Waals surface area contributed by atoms with Gasteiger partial charge in [-0.15, -0.1) is 4.33 Å². The van der Waals surface area contributed by atoms with Crippen molar-refractivity contribution >= 4 is 28.0 Å². The molecule has 0 spiro atoms. The molecule has 2 fully saturated rings. The van der Waals surface area contributed by atoms with E-state index in [4.69, 9.17) is 9.99 Å². The van der Waals surface area contributed by atoms with Crippen molar-refractivity contribution in [3.05, 3.63) is 0 Å². The lowest BCUT2D eigenvalue weighted by Crippen LogP contribution is -2.52. The van der Waals surface area contributed by atoms with Crippen LogP contribution in [0.3, 0.4) is 0 Å². The smallest absolute Gasteiger partial charge is 0.407 e. The standard InChI is InChI=1S/C22H36F3N3O8S/c1-13(2)9-18(28-21(31)35-11-14-3-5-16(6-4-14)22(23,24)25)20(30)27-17(12-37(33,34)36-32)10-15-7-8-26-19(15)29/h13-18,32H,3-12H2,1-2H3,(H,26,29)(H,27,30)(H,28,31)/t14?,15?,16?,17-,18?/m0/s1. The van der Waals surface area contributed by atoms with Gasteiger partial charge in [-0.1, -0.05) is 13.8 Å². The number of hydrogen-bond acceptors (Lipinski definition) is 8. The van der Waals surface area contributed by atoms with Gasteiger partial charge >= 0.3 is 12.3 Å². The zero-order valence-corrected chi connectivity index (χ0v) is 21.7. The van der Waals surface area contributed by atoms with Crippen molar-refractivity contribution in [2.45, 2.75) is 77.1 Å². The van der Waals surface area contributed by atoms with Crippen LogP contribution >= 0.6 is 0 Å². The van der Waals surface area contributed by atoms with Crippen LogP contribution in [-0.4, -0.2) is 68.7 Å². The van der Waals surface area contributed by atoms with Crippen LogP contribution in [0.2, 0.25) is 0 Å². The third-order valence-corrected chi connectivity index (χ3v) is 7.71. The van der Waals surface area contributed by atoms with E-state index in [9.17, 15) is 36.0 Å². The molecule has 4 N–H and O–H groups in total. The maximum absolute atomic E-state index is 13.0. The van der Waals surface area contributed by atoms with Gasteiger partial charge in [0.05, 0.1) is 18.3 Å². The number of alkyl carbamates (subject to hydrolysis) is 1. The SMILES string of the molecule is CC(C)CC(NC(=O)OCC1CCC(C(F)(F)F)CC1)C(=O)N[C@@H](CC1CCNC1=O)CS(=O)(=O)OO. The number of ether oxygens (including phenoxy) is 1. The Morgan fingerprint density at radius 3 is 2.30 bits per heavy atom. The minimum atomic E-state index is -4.40. The molecule has 11 nitrogen and oxygen atoms in total. The summed E-state index contributed by atoms with van der Waals surface area (Å²) in [7, 11) is -4.40. The summed E-state index contributed by atoms with van der Waals surface area (Å²) >= 11 is 0. The first-order valence-corrected chi connectivity index (χ1v) is 13.9. The average molecular weight is 560 g/mol. The Kier molecular flexibility index (Phi) is 11.4. The Bertz CT molecular complexity index is 892. The maximum atomic E-state index is 13.0. The van der Waals surface area contributed by atoms with Crippen molar-refractivity contribution in [3.8, 4) is 0 Å². The van der Waals surface area contributed by atoms with Crippen molar-refractivity contribution in [3.63, 3.8) is 0 Å². The molecule has 0 aromatic heterocycles. The zero-order valence-electron chi connectivity index (χ0n) is 20.9. The summed E-state index contributed by atoms with van der Waals surface area (Å²) in [6.45, 7) is 3.93. The molecule has 0 aromatic carbocycles. The van der Waals surface area contributed by atoms with Gasteiger partial charge in [-0.2, -0.15) is 21.6 Å². The molecule has 214 valence electrons. The molecule has 3 atom stereocenters. The first-order valence-electron chi connectivity index (χ1n) is 12.3. The molecule has 2 aliphatic rings. The normalized spacial score (nSPS) is 24.3. The highest BCUT2D eigenvalue weighted by atomic mass is 32.2. The Balaban J connectivity index is 1.96. The highest BCUT2D eigenvalue weighted by molar-refractivity contribution is 7.86. The molecule has 1 aliphatic heterocycles. The van der Waals surface area contributed by atoms with E-state index in [0.717, 1.165) is 0 Å². The fraction of sp³-hybridized carbons (Fsp3) is 0.864. The summed E-state index contributed by atoms with van der Waals surface area (Å²) in [5, 5.41) is 16.2. The fourth-order valence-corrected chi connectivity index (χ4v) is 5.47. The van der Waals surface area contributed by atoms with Crippen LogP contribution in [0.1, 0.15) is 58.8 Å². The van der Waals surface area contributed by atoms with Crippen LogP contribution < -0.4 is 16.0 Å². The summed E-state index contributed by atoms with van der Waals surface area (Å²) in [4.78, 5) is 37.3. The van der Waals surface area contributed by atoms with Gasteiger partial charge in [-0.05, 0) is 56.8 Å². The quantitative estimate of drug-likeness (QED) is 0.209. The largest absolute Gasteiger partial charge is 0.449 e. The number of carbonyl (C=O) groups is 3. The number of rotatable bonds is 12. The summed E-state index contributed by atoms with van der Waals surface area (Å²) in [6.07, 6.45) is -4.08. The van der Waals surface area contributed by atoms with E-state index >= 15 is 0 Å². The topological polar surface area (TPSA) is 160 Å². The van der Waals surface area contributed by atoms with E-state index in [2.05, 4.69) is 20.3 Å². The summed E-state index contributed by atoms with van der Waals surface area (Å²) < 4.78 is 70.8. The predicted octanol–water partition coefficient (Wildman–Crippen LogP) is 2.33. The maximum Gasteiger partial charge on any atom is 0.407 e. The molecule has 2 rings (SSSR count). The monoisotopic (exact) mass is 559 g/mol. The molecule has 0 radical (unpaired) electrons. The van der Waals surface area contributed by atoms with Gasteiger partial charge in [0.15, 0.2) is 0 Å². The summed E-state index contributed by atoms with van der Waals surface area (Å²) in [5.41, 5.74) is 0. The van der Waals surface area contributed by atoms with Gasteiger partial charge in [-0.25, -0.2) is 10.1 Å². The second-order valence-corrected chi connectivity index (χ2v) is 11.8. The third kappa shape index (κ3) is 10.6. The second kappa shape index (κ2) is 13.6. The van der Waals surface area contributed by atoms with Crippen LogP contribution in [0.4, 0.5) is 18.0 Å². The molecule has 1 saturated heterocycles. The lowest BCUT2D eigenvalue weighted by atomic mass is 9.82. The number of nitrogens with one attached hydrogen (secondary N) is 3. The Morgan fingerprint density at radius 1 is 1.14 bits per heavy atom. The van der Waals surface area contributed by atoms with Crippen LogP contribution in [0.25, 0.3) is 0 Å². The van der Waals surface area contributed by atoms with E-state index in [1.807, 2.05) is 0 Å². The first-order chi connectivity index (χ1) is 17.2. The van der Waals surface area contributed by atoms with E-state index < -0.39 is 58.0 Å². The number of halogens is 3. The van der Waals surface area contributed by atoms with Gasteiger partial charge in [0.2, 0.25) is 11.8 Å². The molecule has 37 heavy (non-hydrogen) atoms. The minimum Gasteiger partial charge on any atom is -0.449 e. The van der Waals surface area contributed by atoms with E-state index in [0.29, 0.717) is 13.0 Å². The van der Waals surface area contributed by atoms with Gasteiger partial charge < -0.3 is 20.7 Å². The fourth-order valence-electron chi connectivity index (χ4n) is 4.70. The molecule has 0 bridgehead atoms. The molecular formula is C22H36F3N3O8S. The van der Waals surface area contributed by atoms with Crippen LogP contribution in [-0.2, 0) is 28.8 Å². The van der Waals surface area contributed by atoms with Gasteiger partial charge in [-0.3, -0.25) is 9.59 Å². The van der Waals surface area contributed by atoms with Crippen molar-refractivity contribution in [2.24, 2.45) is 23.7 Å². The van der Waals surface area contributed by atoms with Crippen molar-refractivity contribution in [2.75, 3.05) is 18.9 Å². The van der Waals surface area contributed by atoms with E-state index in [1.54, 1.807) is 13.8 Å². The molecular weight excluding hydrogens is 523 g/mol. The van der Waals surface area contributed by atoms with Crippen LogP contribution in [0.5, 0.6) is 0 Å². The average Bonchev–Trinajstić information content (AvgIpc) is 3.20. The molecule has 1 heterocycles. The number of carbonyl (C=O) groups excluding carboxylic acids is 3. The zero-order chi connectivity index (χ0) is 27.8. The Labute approximate surface area is 214 Å². The molecule has 2 unspecified atom stereocenters. The molecule has 0 aromatic rings. The summed E-state index contributed by atoms with van der Waals surface area (Å²) in [5.74, 6) is -3.96. The second-order valence-electron chi connectivity index (χ2n) is 10.2. The third-order valence-electron chi connectivity index (χ3n) is 6.67. The van der Waals surface area contributed by atoms with Crippen LogP contribution in [0.15, 0.2) is 0 Å². The van der Waals surface area contributed by atoms with Crippen molar-refractivity contribution < 1.29 is 50.3 Å². The number of alkyl halides is 3. The molecule has 1 saturated carbocycles. The molecule has 15 heteroatoms. The van der Waals surface area contributed by atoms with Gasteiger partial charge in [0.1, 0.15) is 6.04 Å². The Morgan fingerprint density at radius 2 is 1.78 bits per heavy atom. The van der Waals surface area contributed by atoms with Crippen molar-refractivity contribution in [1.29, 1.82) is 0 Å². The highest BCUT2D eigenvalue weighted by Gasteiger charge is 2.41. The number of hydrogen-bond donors (Lipinski definition) is 4. The Hall–Kier alpha value is -2.13. The summed E-state index contributed by atoms with van der Waals surface area (Å²) in [6, 6.07) is -2.19. The predicted molar refractivity (Wildman–Crippen MR) is 124 cm³/mol. The van der Waals surface area contributed by atoms with Crippen LogP contribution in [0, 0.1) is 23.7 Å². The lowest BCUT2D eigenvalue weighted by Gasteiger charge is -2.29. The first kappa shape index (κ1) is 31.1. The highest BCUT2D eigenvalue weighted by Crippen LogP contribution is 2.39. The van der Waals surface area contributed by atoms with Gasteiger partial charge in [0, 0.05) is 18.5 Å². The lowest BCUT2D eigenvalue weighted by molar-refractivity contribution is -0.184. The van der Waals surface area contributed by atoms with Crippen molar-refractivity contribution in [1.82, 2.24) is 16.0 Å². The van der Waals surface area contributed by atoms with Gasteiger partial charge in [0.25, 0.3) is 10.1 Å². The minimum absolute atomic E-state index is 0.0282. The molecule has 1 aliphatic carbocycles. The van der Waals surface area contributed by atoms with E-state index in [1.165, 1.54) is 0 Å². The molecule has 3 amide bonds.